The van der Waals surface area contributed by atoms with E-state index in [0.29, 0.717) is 13.1 Å². The number of hydrogen-bond donors (Lipinski definition) is 4. The van der Waals surface area contributed by atoms with E-state index in [0.717, 1.165) is 23.5 Å². The Balaban J connectivity index is 2.07. The van der Waals surface area contributed by atoms with Crippen molar-refractivity contribution in [3.8, 4) is 0 Å². The fraction of sp³-hybridized carbons (Fsp3) is 0.538. The number of aliphatic hydroxyl groups is 2. The van der Waals surface area contributed by atoms with Crippen molar-refractivity contribution in [2.75, 3.05) is 36.9 Å². The minimum Gasteiger partial charge on any atom is -0.399 e. The van der Waals surface area contributed by atoms with E-state index in [9.17, 15) is 5.11 Å². The van der Waals surface area contributed by atoms with Crippen molar-refractivity contribution >= 4 is 11.4 Å². The number of aliphatic hydroxyl groups excluding tert-OH is 2. The number of anilines is 2. The predicted molar refractivity (Wildman–Crippen MR) is 72.7 cm³/mol. The standard InChI is InChI=1S/C13H21N3O2/c1-9-6-10(14)2-3-12(9)16-7-11(13(18)8-16)15-4-5-17/h2-3,6,11,13,15,17-18H,4-5,7-8,14H2,1H3. The van der Waals surface area contributed by atoms with Crippen molar-refractivity contribution in [3.05, 3.63) is 23.8 Å². The second-order valence-corrected chi connectivity index (χ2v) is 4.80. The van der Waals surface area contributed by atoms with E-state index < -0.39 is 6.10 Å². The summed E-state index contributed by atoms with van der Waals surface area (Å²) in [6, 6.07) is 5.82. The minimum atomic E-state index is -0.409. The number of nitrogens with zero attached hydrogens (tertiary/aromatic N) is 1. The van der Waals surface area contributed by atoms with Gasteiger partial charge < -0.3 is 26.2 Å². The Morgan fingerprint density at radius 1 is 1.44 bits per heavy atom. The summed E-state index contributed by atoms with van der Waals surface area (Å²) >= 11 is 0. The highest BCUT2D eigenvalue weighted by atomic mass is 16.3. The molecule has 18 heavy (non-hydrogen) atoms. The van der Waals surface area contributed by atoms with Gasteiger partial charge in [-0.2, -0.15) is 0 Å². The van der Waals surface area contributed by atoms with Crippen molar-refractivity contribution in [1.82, 2.24) is 5.32 Å². The summed E-state index contributed by atoms with van der Waals surface area (Å²) in [7, 11) is 0. The third-order valence-corrected chi connectivity index (χ3v) is 3.37. The lowest BCUT2D eigenvalue weighted by Crippen LogP contribution is -2.40. The minimum absolute atomic E-state index is 0.00843. The number of nitrogen functional groups attached to an aromatic ring is 1. The third kappa shape index (κ3) is 2.75. The molecule has 0 radical (unpaired) electrons. The van der Waals surface area contributed by atoms with Crippen LogP contribution in [-0.2, 0) is 0 Å². The number of hydrogen-bond acceptors (Lipinski definition) is 5. The van der Waals surface area contributed by atoms with Gasteiger partial charge in [0.1, 0.15) is 0 Å². The molecule has 2 unspecified atom stereocenters. The Morgan fingerprint density at radius 2 is 2.22 bits per heavy atom. The summed E-state index contributed by atoms with van der Waals surface area (Å²) in [6.45, 7) is 3.97. The first-order valence-electron chi connectivity index (χ1n) is 6.25. The number of aryl methyl sites for hydroxylation is 1. The van der Waals surface area contributed by atoms with Gasteiger partial charge in [0.05, 0.1) is 18.8 Å². The summed E-state index contributed by atoms with van der Waals surface area (Å²) < 4.78 is 0. The summed E-state index contributed by atoms with van der Waals surface area (Å²) in [4.78, 5) is 2.15. The largest absolute Gasteiger partial charge is 0.399 e. The highest BCUT2D eigenvalue weighted by molar-refractivity contribution is 5.60. The maximum Gasteiger partial charge on any atom is 0.0884 e. The first-order chi connectivity index (χ1) is 8.61. The van der Waals surface area contributed by atoms with E-state index in [1.807, 2.05) is 25.1 Å². The van der Waals surface area contributed by atoms with Crippen LogP contribution in [0.15, 0.2) is 18.2 Å². The lowest BCUT2D eigenvalue weighted by atomic mass is 10.1. The first-order valence-corrected chi connectivity index (χ1v) is 6.25. The number of rotatable bonds is 4. The Hall–Kier alpha value is -1.30. The van der Waals surface area contributed by atoms with Crippen LogP contribution in [0.25, 0.3) is 0 Å². The van der Waals surface area contributed by atoms with Crippen LogP contribution in [0.5, 0.6) is 0 Å². The number of nitrogens with two attached hydrogens (primary N) is 1. The van der Waals surface area contributed by atoms with Crippen molar-refractivity contribution in [2.45, 2.75) is 19.1 Å². The summed E-state index contributed by atoms with van der Waals surface area (Å²) in [5.41, 5.74) is 8.72. The van der Waals surface area contributed by atoms with Crippen molar-refractivity contribution in [1.29, 1.82) is 0 Å². The van der Waals surface area contributed by atoms with Crippen LogP contribution in [0.3, 0.4) is 0 Å². The number of nitrogens with one attached hydrogen (secondary N) is 1. The molecule has 1 aromatic rings. The zero-order valence-corrected chi connectivity index (χ0v) is 10.6. The normalized spacial score (nSPS) is 23.6. The Labute approximate surface area is 107 Å². The van der Waals surface area contributed by atoms with Crippen LogP contribution in [0, 0.1) is 6.92 Å². The average molecular weight is 251 g/mol. The number of β-amino-alcohol motifs (C(OH)–C–C–N with tert-alkyl or cyclic N) is 1. The molecule has 1 saturated heterocycles. The van der Waals surface area contributed by atoms with E-state index in [1.165, 1.54) is 0 Å². The quantitative estimate of drug-likeness (QED) is 0.553. The van der Waals surface area contributed by atoms with Crippen LogP contribution in [-0.4, -0.2) is 48.6 Å². The summed E-state index contributed by atoms with van der Waals surface area (Å²) in [5, 5.41) is 21.9. The molecule has 0 bridgehead atoms. The van der Waals surface area contributed by atoms with Crippen LogP contribution < -0.4 is 16.0 Å². The van der Waals surface area contributed by atoms with E-state index in [4.69, 9.17) is 10.8 Å². The Morgan fingerprint density at radius 3 is 2.89 bits per heavy atom. The molecule has 1 fully saturated rings. The van der Waals surface area contributed by atoms with E-state index >= 15 is 0 Å². The molecule has 1 heterocycles. The second kappa shape index (κ2) is 5.56. The van der Waals surface area contributed by atoms with Gasteiger partial charge in [0, 0.05) is 31.0 Å². The third-order valence-electron chi connectivity index (χ3n) is 3.37. The molecule has 0 saturated carbocycles. The predicted octanol–water partition coefficient (Wildman–Crippen LogP) is -0.291. The van der Waals surface area contributed by atoms with Gasteiger partial charge >= 0.3 is 0 Å². The SMILES string of the molecule is Cc1cc(N)ccc1N1CC(O)C(NCCO)C1. The molecule has 0 aromatic heterocycles. The summed E-state index contributed by atoms with van der Waals surface area (Å²) in [5.74, 6) is 0. The van der Waals surface area contributed by atoms with Crippen LogP contribution >= 0.6 is 0 Å². The zero-order valence-electron chi connectivity index (χ0n) is 10.6. The fourth-order valence-electron chi connectivity index (χ4n) is 2.47. The van der Waals surface area contributed by atoms with Gasteiger partial charge in [0.2, 0.25) is 0 Å². The summed E-state index contributed by atoms with van der Waals surface area (Å²) in [6.07, 6.45) is -0.409. The Kier molecular flexibility index (Phi) is 4.06. The van der Waals surface area contributed by atoms with E-state index in [2.05, 4.69) is 10.2 Å². The lowest BCUT2D eigenvalue weighted by molar-refractivity contribution is 0.159. The highest BCUT2D eigenvalue weighted by Crippen LogP contribution is 2.26. The lowest BCUT2D eigenvalue weighted by Gasteiger charge is -2.21. The van der Waals surface area contributed by atoms with Crippen molar-refractivity contribution < 1.29 is 10.2 Å². The van der Waals surface area contributed by atoms with E-state index in [-0.39, 0.29) is 12.6 Å². The molecule has 5 nitrogen and oxygen atoms in total. The molecule has 0 spiro atoms. The fourth-order valence-corrected chi connectivity index (χ4v) is 2.47. The molecule has 5 heteroatoms. The van der Waals surface area contributed by atoms with E-state index in [1.54, 1.807) is 0 Å². The monoisotopic (exact) mass is 251 g/mol. The van der Waals surface area contributed by atoms with Gasteiger partial charge in [-0.1, -0.05) is 0 Å². The van der Waals surface area contributed by atoms with Crippen LogP contribution in [0.4, 0.5) is 11.4 Å². The first kappa shape index (κ1) is 13.1. The highest BCUT2D eigenvalue weighted by Gasteiger charge is 2.31. The van der Waals surface area contributed by atoms with Gasteiger partial charge in [-0.15, -0.1) is 0 Å². The average Bonchev–Trinajstić information content (AvgIpc) is 2.68. The van der Waals surface area contributed by atoms with Crippen molar-refractivity contribution in [3.63, 3.8) is 0 Å². The maximum atomic E-state index is 9.98. The molecule has 0 aliphatic carbocycles. The molecule has 2 rings (SSSR count). The van der Waals surface area contributed by atoms with Gasteiger partial charge in [0.25, 0.3) is 0 Å². The Bertz CT molecular complexity index is 411. The van der Waals surface area contributed by atoms with Gasteiger partial charge in [-0.05, 0) is 30.7 Å². The van der Waals surface area contributed by atoms with Crippen LogP contribution in [0.1, 0.15) is 5.56 Å². The molecule has 1 aliphatic heterocycles. The molecular weight excluding hydrogens is 230 g/mol. The molecule has 5 N–H and O–H groups in total. The molecule has 2 atom stereocenters. The topological polar surface area (TPSA) is 81.8 Å². The zero-order chi connectivity index (χ0) is 13.1. The maximum absolute atomic E-state index is 9.98. The molecule has 1 aliphatic rings. The second-order valence-electron chi connectivity index (χ2n) is 4.80. The molecule has 0 amide bonds. The number of benzene rings is 1. The molecule has 1 aromatic carbocycles. The van der Waals surface area contributed by atoms with Gasteiger partial charge in [-0.3, -0.25) is 0 Å². The van der Waals surface area contributed by atoms with Gasteiger partial charge in [0.15, 0.2) is 0 Å². The molecular formula is C13H21N3O2. The van der Waals surface area contributed by atoms with Gasteiger partial charge in [-0.25, -0.2) is 0 Å². The van der Waals surface area contributed by atoms with Crippen molar-refractivity contribution in [2.24, 2.45) is 0 Å². The smallest absolute Gasteiger partial charge is 0.0884 e. The van der Waals surface area contributed by atoms with Crippen LogP contribution in [0.2, 0.25) is 0 Å². The molecule has 100 valence electrons.